The molecule has 0 amide bonds. The number of fused-ring (bicyclic) bond motifs is 1. The van der Waals surface area contributed by atoms with Gasteiger partial charge in [0.05, 0.1) is 41.9 Å². The van der Waals surface area contributed by atoms with Gasteiger partial charge in [-0.1, -0.05) is 13.8 Å². The topological polar surface area (TPSA) is 53.3 Å². The van der Waals surface area contributed by atoms with E-state index in [0.29, 0.717) is 24.6 Å². The van der Waals surface area contributed by atoms with Gasteiger partial charge in [0.25, 0.3) is 0 Å². The first-order valence-electron chi connectivity index (χ1n) is 9.62. The van der Waals surface area contributed by atoms with Crippen molar-refractivity contribution < 1.29 is 27.4 Å². The third kappa shape index (κ3) is 3.85. The minimum absolute atomic E-state index is 0.0151. The zero-order valence-corrected chi connectivity index (χ0v) is 18.7. The maximum absolute atomic E-state index is 14.9. The summed E-state index contributed by atoms with van der Waals surface area (Å²) in [6.45, 7) is 4.81. The maximum atomic E-state index is 14.9. The monoisotopic (exact) mass is 496 g/mol. The molecule has 0 bridgehead atoms. The highest BCUT2D eigenvalue weighted by Gasteiger charge is 2.39. The second-order valence-corrected chi connectivity index (χ2v) is 9.12. The third-order valence-corrected chi connectivity index (χ3v) is 6.25. The van der Waals surface area contributed by atoms with E-state index in [0.717, 1.165) is 18.2 Å². The molecule has 1 aliphatic rings. The summed E-state index contributed by atoms with van der Waals surface area (Å²) >= 11 is 2.97. The molecule has 164 valence electrons. The molecular weight excluding hydrogens is 477 g/mol. The lowest BCUT2D eigenvalue weighted by Crippen LogP contribution is -2.27. The number of carbonyl (C=O) groups excluding carboxylic acids is 1. The van der Waals surface area contributed by atoms with Crippen LogP contribution in [-0.2, 0) is 15.9 Å². The van der Waals surface area contributed by atoms with Crippen LogP contribution in [0.1, 0.15) is 41.6 Å². The fourth-order valence-electron chi connectivity index (χ4n) is 3.96. The van der Waals surface area contributed by atoms with Gasteiger partial charge in [0, 0.05) is 11.8 Å². The number of rotatable bonds is 4. The third-order valence-electron chi connectivity index (χ3n) is 5.64. The number of imidazole rings is 1. The van der Waals surface area contributed by atoms with Gasteiger partial charge < -0.3 is 14.0 Å². The van der Waals surface area contributed by atoms with E-state index in [4.69, 9.17) is 9.47 Å². The van der Waals surface area contributed by atoms with Crippen molar-refractivity contribution in [2.24, 2.45) is 5.41 Å². The van der Waals surface area contributed by atoms with Crippen molar-refractivity contribution in [1.82, 2.24) is 9.55 Å². The van der Waals surface area contributed by atoms with Crippen LogP contribution in [-0.4, -0.2) is 35.8 Å². The molecule has 31 heavy (non-hydrogen) atoms. The van der Waals surface area contributed by atoms with Gasteiger partial charge in [-0.15, -0.1) is 0 Å². The molecule has 4 rings (SSSR count). The van der Waals surface area contributed by atoms with Gasteiger partial charge in [-0.25, -0.2) is 22.9 Å². The Morgan fingerprint density at radius 3 is 2.61 bits per heavy atom. The molecule has 0 spiro atoms. The number of aromatic nitrogens is 2. The first kappa shape index (κ1) is 21.8. The summed E-state index contributed by atoms with van der Waals surface area (Å²) in [6, 6.07) is 4.47. The highest BCUT2D eigenvalue weighted by molar-refractivity contribution is 9.10. The molecule has 1 aromatic heterocycles. The van der Waals surface area contributed by atoms with Crippen molar-refractivity contribution in [2.45, 2.75) is 26.3 Å². The fraction of sp³-hybridized carbons (Fsp3) is 0.364. The molecule has 2 heterocycles. The number of methoxy groups -OCH3 is 1. The number of esters is 1. The standard InChI is InChI=1S/C22H20BrF3N2O3/c1-22(2)10-31-9-18(22)28-17-6-12(21(29)30-3)5-16(26)20(17)27-19(28)7-11-4-15(25)13(23)8-14(11)24/h4-6,8,18H,7,9-10H2,1-3H3. The van der Waals surface area contributed by atoms with Gasteiger partial charge in [-0.3, -0.25) is 0 Å². The molecule has 5 nitrogen and oxygen atoms in total. The summed E-state index contributed by atoms with van der Waals surface area (Å²) in [4.78, 5) is 16.5. The van der Waals surface area contributed by atoms with E-state index in [-0.39, 0.29) is 39.0 Å². The Labute approximate surface area is 185 Å². The van der Waals surface area contributed by atoms with Crippen LogP contribution >= 0.6 is 15.9 Å². The van der Waals surface area contributed by atoms with Crippen LogP contribution in [0.4, 0.5) is 13.2 Å². The summed E-state index contributed by atoms with van der Waals surface area (Å²) in [5.41, 5.74) is 0.213. The molecule has 0 aliphatic carbocycles. The van der Waals surface area contributed by atoms with E-state index in [1.807, 2.05) is 13.8 Å². The molecule has 1 saturated heterocycles. The van der Waals surface area contributed by atoms with E-state index < -0.39 is 23.4 Å². The average Bonchev–Trinajstić information content (AvgIpc) is 3.24. The Morgan fingerprint density at radius 1 is 1.23 bits per heavy atom. The van der Waals surface area contributed by atoms with E-state index in [1.54, 1.807) is 4.57 Å². The SMILES string of the molecule is COC(=O)c1cc(F)c2nc(Cc3cc(F)c(Br)cc3F)n(C3COCC3(C)C)c2c1. The molecule has 1 unspecified atom stereocenters. The van der Waals surface area contributed by atoms with Gasteiger partial charge in [0.15, 0.2) is 5.82 Å². The number of hydrogen-bond donors (Lipinski definition) is 0. The number of nitrogens with zero attached hydrogens (tertiary/aromatic N) is 2. The zero-order valence-electron chi connectivity index (χ0n) is 17.1. The summed E-state index contributed by atoms with van der Waals surface area (Å²) in [5.74, 6) is -2.25. The lowest BCUT2D eigenvalue weighted by atomic mass is 9.87. The van der Waals surface area contributed by atoms with Crippen LogP contribution in [0.15, 0.2) is 28.7 Å². The first-order valence-corrected chi connectivity index (χ1v) is 10.4. The molecule has 0 N–H and O–H groups in total. The molecule has 0 radical (unpaired) electrons. The number of benzene rings is 2. The predicted octanol–water partition coefficient (Wildman–Crippen LogP) is 5.19. The second kappa shape index (κ2) is 7.94. The minimum atomic E-state index is -0.697. The normalized spacial score (nSPS) is 18.0. The van der Waals surface area contributed by atoms with Crippen molar-refractivity contribution in [1.29, 1.82) is 0 Å². The molecule has 1 atom stereocenters. The van der Waals surface area contributed by atoms with Crippen LogP contribution in [0.25, 0.3) is 11.0 Å². The van der Waals surface area contributed by atoms with Crippen LogP contribution in [0.5, 0.6) is 0 Å². The molecule has 0 saturated carbocycles. The number of ether oxygens (including phenoxy) is 2. The van der Waals surface area contributed by atoms with Crippen molar-refractivity contribution in [3.05, 3.63) is 63.1 Å². The number of halogens is 4. The highest BCUT2D eigenvalue weighted by atomic mass is 79.9. The van der Waals surface area contributed by atoms with Crippen molar-refractivity contribution in [3.63, 3.8) is 0 Å². The Kier molecular flexibility index (Phi) is 5.59. The van der Waals surface area contributed by atoms with Crippen molar-refractivity contribution in [3.8, 4) is 0 Å². The van der Waals surface area contributed by atoms with Gasteiger partial charge in [-0.05, 0) is 45.8 Å². The maximum Gasteiger partial charge on any atom is 0.338 e. The molecule has 2 aromatic carbocycles. The quantitative estimate of drug-likeness (QED) is 0.368. The Hall–Kier alpha value is -2.39. The molecule has 1 aliphatic heterocycles. The average molecular weight is 497 g/mol. The number of carbonyl (C=O) groups is 1. The lowest BCUT2D eigenvalue weighted by molar-refractivity contribution is 0.0600. The second-order valence-electron chi connectivity index (χ2n) is 8.27. The molecule has 9 heteroatoms. The first-order chi connectivity index (χ1) is 14.6. The molecule has 1 fully saturated rings. The van der Waals surface area contributed by atoms with Crippen LogP contribution in [0, 0.1) is 22.9 Å². The van der Waals surface area contributed by atoms with Crippen LogP contribution in [0.2, 0.25) is 0 Å². The lowest BCUT2D eigenvalue weighted by Gasteiger charge is -2.28. The van der Waals surface area contributed by atoms with Crippen LogP contribution < -0.4 is 0 Å². The smallest absolute Gasteiger partial charge is 0.338 e. The van der Waals surface area contributed by atoms with Gasteiger partial charge in [0.1, 0.15) is 23.0 Å². The summed E-state index contributed by atoms with van der Waals surface area (Å²) in [6.07, 6.45) is -0.0652. The van der Waals surface area contributed by atoms with Gasteiger partial charge >= 0.3 is 5.97 Å². The van der Waals surface area contributed by atoms with E-state index >= 15 is 0 Å². The van der Waals surface area contributed by atoms with Crippen molar-refractivity contribution in [2.75, 3.05) is 20.3 Å². The number of hydrogen-bond acceptors (Lipinski definition) is 4. The highest BCUT2D eigenvalue weighted by Crippen LogP contribution is 2.41. The zero-order chi connectivity index (χ0) is 22.5. The molecular formula is C22H20BrF3N2O3. The largest absolute Gasteiger partial charge is 0.465 e. The predicted molar refractivity (Wildman–Crippen MR) is 112 cm³/mol. The summed E-state index contributed by atoms with van der Waals surface area (Å²) < 4.78 is 55.7. The van der Waals surface area contributed by atoms with Gasteiger partial charge in [0.2, 0.25) is 0 Å². The summed E-state index contributed by atoms with van der Waals surface area (Å²) in [5, 5.41) is 0. The van der Waals surface area contributed by atoms with Crippen molar-refractivity contribution >= 4 is 32.9 Å². The van der Waals surface area contributed by atoms with Crippen LogP contribution in [0.3, 0.4) is 0 Å². The Bertz CT molecular complexity index is 1190. The molecule has 3 aromatic rings. The van der Waals surface area contributed by atoms with E-state index in [1.165, 1.54) is 13.2 Å². The van der Waals surface area contributed by atoms with E-state index in [9.17, 15) is 18.0 Å². The fourth-order valence-corrected chi connectivity index (χ4v) is 4.27. The minimum Gasteiger partial charge on any atom is -0.465 e. The summed E-state index contributed by atoms with van der Waals surface area (Å²) in [7, 11) is 1.21. The van der Waals surface area contributed by atoms with E-state index in [2.05, 4.69) is 20.9 Å². The Morgan fingerprint density at radius 2 is 1.97 bits per heavy atom. The Balaban J connectivity index is 1.94. The van der Waals surface area contributed by atoms with Gasteiger partial charge in [-0.2, -0.15) is 0 Å².